The van der Waals surface area contributed by atoms with Gasteiger partial charge in [-0.05, 0) is 175 Å². The Balaban J connectivity index is 0.000000102. The molecule has 31 rings (SSSR count). The molecule has 139 heavy (non-hydrogen) atoms. The van der Waals surface area contributed by atoms with Gasteiger partial charge in [0.25, 0.3) is 0 Å². The number of thiophene rings is 2. The minimum atomic E-state index is 0.865. The summed E-state index contributed by atoms with van der Waals surface area (Å²) in [6.45, 7) is 0. The van der Waals surface area contributed by atoms with Gasteiger partial charge in [-0.2, -0.15) is 0 Å². The third-order valence-electron chi connectivity index (χ3n) is 28.5. The second kappa shape index (κ2) is 31.3. The summed E-state index contributed by atoms with van der Waals surface area (Å²) in [5.41, 5.74) is 31.1. The molecule has 0 aliphatic carbocycles. The van der Waals surface area contributed by atoms with Gasteiger partial charge in [0, 0.05) is 152 Å². The summed E-state index contributed by atoms with van der Waals surface area (Å²) >= 11 is 3.80. The van der Waals surface area contributed by atoms with E-state index >= 15 is 0 Å². The first-order chi connectivity index (χ1) is 69.0. The lowest BCUT2D eigenvalue weighted by molar-refractivity contribution is 0.671. The van der Waals surface area contributed by atoms with E-state index in [0.29, 0.717) is 0 Å². The predicted molar refractivity (Wildman–Crippen MR) is 588 cm³/mol. The second-order valence-corrected chi connectivity index (χ2v) is 38.2. The van der Waals surface area contributed by atoms with Crippen LogP contribution in [0, 0.1) is 0 Å². The minimum Gasteiger partial charge on any atom is -0.454 e. The van der Waals surface area contributed by atoms with E-state index in [2.05, 4.69) is 464 Å². The largest absolute Gasteiger partial charge is 0.454 e. The van der Waals surface area contributed by atoms with Crippen molar-refractivity contribution in [3.05, 3.63) is 473 Å². The molecule has 0 radical (unpaired) electrons. The quantitative estimate of drug-likeness (QED) is 0.145. The van der Waals surface area contributed by atoms with E-state index < -0.39 is 0 Å². The number of hydrogen-bond donors (Lipinski definition) is 0. The molecule has 0 saturated carbocycles. The molecule has 0 atom stereocenters. The van der Waals surface area contributed by atoms with Crippen molar-refractivity contribution in [2.45, 2.75) is 0 Å². The third-order valence-corrected chi connectivity index (χ3v) is 30.9. The maximum absolute atomic E-state index is 6.67. The van der Waals surface area contributed by atoms with Gasteiger partial charge < -0.3 is 31.8 Å². The molecular formula is C128H78N8OS2. The van der Waals surface area contributed by atoms with Gasteiger partial charge in [0.1, 0.15) is 5.58 Å². The van der Waals surface area contributed by atoms with Crippen LogP contribution in [0.3, 0.4) is 0 Å². The van der Waals surface area contributed by atoms with E-state index in [9.17, 15) is 0 Å². The normalized spacial score (nSPS) is 12.0. The lowest BCUT2D eigenvalue weighted by atomic mass is 10.0. The fourth-order valence-electron chi connectivity index (χ4n) is 22.4. The minimum absolute atomic E-state index is 0.865. The zero-order valence-corrected chi connectivity index (χ0v) is 76.5. The summed E-state index contributed by atoms with van der Waals surface area (Å²) in [5.74, 6) is 0. The zero-order chi connectivity index (χ0) is 91.0. The first-order valence-corrected chi connectivity index (χ1v) is 48.9. The van der Waals surface area contributed by atoms with Gasteiger partial charge in [-0.25, -0.2) is 9.97 Å². The molecule has 0 amide bonds. The van der Waals surface area contributed by atoms with Crippen LogP contribution >= 0.6 is 22.7 Å². The molecule has 10 heterocycles. The Morgan fingerprint density at radius 1 is 0.173 bits per heavy atom. The highest BCUT2D eigenvalue weighted by Crippen LogP contribution is 2.51. The number of benzene rings is 21. The van der Waals surface area contributed by atoms with E-state index in [1.54, 1.807) is 0 Å². The summed E-state index contributed by atoms with van der Waals surface area (Å²) < 4.78 is 26.6. The molecule has 31 aromatic rings. The molecule has 11 heteroatoms. The summed E-state index contributed by atoms with van der Waals surface area (Å²) in [6.07, 6.45) is 0. The third kappa shape index (κ3) is 12.2. The van der Waals surface area contributed by atoms with E-state index in [4.69, 9.17) is 14.4 Å². The van der Waals surface area contributed by atoms with Crippen LogP contribution in [0.25, 0.3) is 272 Å². The molecule has 0 fully saturated rings. The van der Waals surface area contributed by atoms with Crippen molar-refractivity contribution in [3.63, 3.8) is 0 Å². The first-order valence-electron chi connectivity index (χ1n) is 47.2. The summed E-state index contributed by atoms with van der Waals surface area (Å²) in [4.78, 5) is 10.3. The smallest absolute Gasteiger partial charge is 0.160 e. The molecule has 0 N–H and O–H groups in total. The van der Waals surface area contributed by atoms with E-state index in [1.165, 1.54) is 177 Å². The van der Waals surface area contributed by atoms with Crippen molar-refractivity contribution in [1.82, 2.24) is 37.4 Å². The number of para-hydroxylation sites is 10. The maximum Gasteiger partial charge on any atom is 0.160 e. The Bertz CT molecular complexity index is 10500. The standard InChI is InChI=1S/C50H30N4O.C42H26N2S.C36H22N2S/c1-3-13-31(14-4-1)47-48(52-42-20-10-9-19-41(42)51-47)32-23-25-34(26-24-32)53-43-21-11-7-17-35(43)39-29-40-37-27-28-38-36-18-8-12-22-46(36)55-50(38)49(37)54(45(40)30-44(39)53)33-15-5-2-6-16-33;1-3-12-27(13-4-1)28-14-11-17-30(24-28)43-37-20-9-7-18-31(37)35-25-36-33-22-23-34-32-19-8-10-21-40(32)45-42(34)41(33)44(39(36)26-38(35)43)29-15-5-2-6-16-29;1-3-11-23(12-4-1)37-31-17-9-7-15-25(31)29-21-30-27-19-20-28-26-16-8-10-18-34(26)39-36(28)35(27)38(33(30)22-32(29)37)24-13-5-2-6-14-24/h1-30H;1-26H;1-22H. The number of nitrogens with zero attached hydrogens (tertiary/aromatic N) is 8. The lowest BCUT2D eigenvalue weighted by Gasteiger charge is -2.13. The molecule has 10 aromatic heterocycles. The van der Waals surface area contributed by atoms with Gasteiger partial charge in [0.05, 0.1) is 98.0 Å². The Morgan fingerprint density at radius 3 is 0.942 bits per heavy atom. The average molecular weight is 1810 g/mol. The van der Waals surface area contributed by atoms with Crippen molar-refractivity contribution >= 4 is 227 Å². The van der Waals surface area contributed by atoms with Gasteiger partial charge in [0.2, 0.25) is 0 Å². The van der Waals surface area contributed by atoms with Crippen LogP contribution in [-0.2, 0) is 0 Å². The topological polar surface area (TPSA) is 68.5 Å². The van der Waals surface area contributed by atoms with Gasteiger partial charge in [-0.3, -0.25) is 0 Å². The van der Waals surface area contributed by atoms with Crippen LogP contribution in [0.4, 0.5) is 0 Å². The highest BCUT2D eigenvalue weighted by atomic mass is 32.1. The van der Waals surface area contributed by atoms with E-state index in [1.807, 2.05) is 59.1 Å². The van der Waals surface area contributed by atoms with Crippen molar-refractivity contribution in [1.29, 1.82) is 0 Å². The SMILES string of the molecule is c1ccc(-c2cccc(-n3c4ccccc4c4cc5c6ccc7c8ccccc8sc7c6n(-c6ccccc6)c5cc43)c2)cc1.c1ccc(-c2nc3ccccc3nc2-c2ccc(-n3c4ccccc4c4cc5c6ccc7c8ccccc8oc7c6n(-c6ccccc6)c5cc43)cc2)cc1.c1ccc(-n2c3ccccc3c3cc4c5ccc6c7ccccc7sc6c5n(-c5ccccc5)c4cc32)cc1. The molecule has 0 aliphatic heterocycles. The highest BCUT2D eigenvalue weighted by Gasteiger charge is 2.28. The molecule has 648 valence electrons. The number of hydrogen-bond acceptors (Lipinski definition) is 5. The highest BCUT2D eigenvalue weighted by molar-refractivity contribution is 7.27. The second-order valence-electron chi connectivity index (χ2n) is 36.1. The average Bonchev–Trinajstić information content (AvgIpc) is 1.55. The number of rotatable bonds is 9. The number of furan rings is 1. The first kappa shape index (κ1) is 78.5. The van der Waals surface area contributed by atoms with Crippen molar-refractivity contribution in [3.8, 4) is 67.8 Å². The molecule has 0 spiro atoms. The van der Waals surface area contributed by atoms with Crippen LogP contribution in [0.5, 0.6) is 0 Å². The van der Waals surface area contributed by atoms with Gasteiger partial charge >= 0.3 is 0 Å². The summed E-state index contributed by atoms with van der Waals surface area (Å²) in [5, 5.41) is 22.6. The Morgan fingerprint density at radius 2 is 0.482 bits per heavy atom. The summed E-state index contributed by atoms with van der Waals surface area (Å²) in [6, 6.07) is 170. The maximum atomic E-state index is 6.67. The Hall–Kier alpha value is -18.0. The molecule has 0 aliphatic rings. The number of fused-ring (bicyclic) bond motifs is 31. The van der Waals surface area contributed by atoms with Crippen LogP contribution in [0.15, 0.2) is 478 Å². The monoisotopic (exact) mass is 1810 g/mol. The van der Waals surface area contributed by atoms with Crippen molar-refractivity contribution in [2.75, 3.05) is 0 Å². The fraction of sp³-hybridized carbons (Fsp3) is 0. The van der Waals surface area contributed by atoms with Gasteiger partial charge in [-0.15, -0.1) is 22.7 Å². The Labute approximate surface area is 803 Å². The van der Waals surface area contributed by atoms with Gasteiger partial charge in [0.15, 0.2) is 5.58 Å². The molecule has 0 bridgehead atoms. The van der Waals surface area contributed by atoms with Crippen LogP contribution < -0.4 is 0 Å². The molecule has 0 saturated heterocycles. The van der Waals surface area contributed by atoms with Crippen LogP contribution in [0.2, 0.25) is 0 Å². The van der Waals surface area contributed by atoms with Crippen molar-refractivity contribution in [2.24, 2.45) is 0 Å². The zero-order valence-electron chi connectivity index (χ0n) is 74.8. The molecule has 21 aromatic carbocycles. The van der Waals surface area contributed by atoms with E-state index in [-0.39, 0.29) is 0 Å². The van der Waals surface area contributed by atoms with E-state index in [0.717, 1.165) is 94.6 Å². The summed E-state index contributed by atoms with van der Waals surface area (Å²) in [7, 11) is 0. The van der Waals surface area contributed by atoms with Crippen LogP contribution in [-0.4, -0.2) is 37.4 Å². The van der Waals surface area contributed by atoms with Crippen molar-refractivity contribution < 1.29 is 4.42 Å². The predicted octanol–water partition coefficient (Wildman–Crippen LogP) is 35.2. The Kier molecular flexibility index (Phi) is 17.7. The molecular weight excluding hydrogens is 1730 g/mol. The van der Waals surface area contributed by atoms with Gasteiger partial charge in [-0.1, -0.05) is 309 Å². The number of aromatic nitrogens is 8. The molecule has 9 nitrogen and oxygen atoms in total. The molecule has 0 unspecified atom stereocenters. The fourth-order valence-corrected chi connectivity index (χ4v) is 24.9. The van der Waals surface area contributed by atoms with Crippen LogP contribution in [0.1, 0.15) is 0 Å². The lowest BCUT2D eigenvalue weighted by Crippen LogP contribution is -1.97.